The Bertz CT molecular complexity index is 2850. The first-order valence-electron chi connectivity index (χ1n) is 18.2. The molecule has 11 rings (SSSR count). The third kappa shape index (κ3) is 4.54. The van der Waals surface area contributed by atoms with Gasteiger partial charge in [0.05, 0.1) is 0 Å². The van der Waals surface area contributed by atoms with Crippen LogP contribution in [0.5, 0.6) is 23.0 Å². The van der Waals surface area contributed by atoms with Gasteiger partial charge in [0.15, 0.2) is 0 Å². The van der Waals surface area contributed by atoms with Crippen molar-refractivity contribution in [2.45, 2.75) is 0 Å². The van der Waals surface area contributed by atoms with Crippen LogP contribution in [0.3, 0.4) is 0 Å². The van der Waals surface area contributed by atoms with E-state index in [1.807, 2.05) is 18.2 Å². The van der Waals surface area contributed by atoms with Gasteiger partial charge in [-0.3, -0.25) is 0 Å². The third-order valence-electron chi connectivity index (χ3n) is 11.0. The Hall–Kier alpha value is -6.84. The van der Waals surface area contributed by atoms with E-state index in [4.69, 9.17) is 9.47 Å². The summed E-state index contributed by atoms with van der Waals surface area (Å²) in [7, 11) is 0. The monoisotopic (exact) mass is 674 g/mol. The molecular formula is C50H31BO2. The van der Waals surface area contributed by atoms with Crippen LogP contribution in [0.1, 0.15) is 0 Å². The van der Waals surface area contributed by atoms with Crippen molar-refractivity contribution in [1.29, 1.82) is 0 Å². The average Bonchev–Trinajstić information content (AvgIpc) is 3.23. The minimum absolute atomic E-state index is 0.00707. The standard InChI is InChI=1S/C50H31BO2/c1-2-16-32(17-3-1)33-18-4-6-20-35(33)47-37-22-8-10-24-39(37)48(40-25-11-9-23-38(40)47)36-21-7-5-19-34(36)41-26-14-28-43-50(41)53-46-31-15-30-45-49(46)51(43)42-27-12-13-29-44(42)52-45/h1-31H. The second-order valence-corrected chi connectivity index (χ2v) is 13.9. The lowest BCUT2D eigenvalue weighted by molar-refractivity contribution is 0.465. The Morgan fingerprint density at radius 3 is 1.43 bits per heavy atom. The van der Waals surface area contributed by atoms with Crippen molar-refractivity contribution in [3.63, 3.8) is 0 Å². The van der Waals surface area contributed by atoms with Crippen molar-refractivity contribution in [2.24, 2.45) is 0 Å². The van der Waals surface area contributed by atoms with Gasteiger partial charge in [-0.1, -0.05) is 170 Å². The van der Waals surface area contributed by atoms with Crippen LogP contribution in [0.4, 0.5) is 0 Å². The highest BCUT2D eigenvalue weighted by molar-refractivity contribution is 6.98. The SMILES string of the molecule is c1ccc(-c2ccccc2-c2c3ccccc3c(-c3ccccc3-c3cccc4c3Oc3cccc5c3B4c3ccccc3O5)c3ccccc23)cc1. The summed E-state index contributed by atoms with van der Waals surface area (Å²) in [6, 6.07) is 67.3. The highest BCUT2D eigenvalue weighted by Crippen LogP contribution is 2.49. The molecule has 53 heavy (non-hydrogen) atoms. The van der Waals surface area contributed by atoms with E-state index in [1.54, 1.807) is 0 Å². The van der Waals surface area contributed by atoms with Gasteiger partial charge in [-0.15, -0.1) is 0 Å². The molecule has 3 heteroatoms. The molecule has 0 unspecified atom stereocenters. The van der Waals surface area contributed by atoms with Crippen LogP contribution in [0.25, 0.3) is 66.1 Å². The van der Waals surface area contributed by atoms with Crippen LogP contribution in [0.2, 0.25) is 0 Å². The highest BCUT2D eigenvalue weighted by atomic mass is 16.5. The summed E-state index contributed by atoms with van der Waals surface area (Å²) in [6.07, 6.45) is 0. The molecule has 0 atom stereocenters. The fraction of sp³-hybridized carbons (Fsp3) is 0. The average molecular weight is 675 g/mol. The molecule has 9 aromatic carbocycles. The lowest BCUT2D eigenvalue weighted by Crippen LogP contribution is -2.57. The maximum absolute atomic E-state index is 6.94. The van der Waals surface area contributed by atoms with Gasteiger partial charge in [0.1, 0.15) is 23.0 Å². The minimum Gasteiger partial charge on any atom is -0.458 e. The molecule has 9 aromatic rings. The first-order chi connectivity index (χ1) is 26.3. The highest BCUT2D eigenvalue weighted by Gasteiger charge is 2.40. The lowest BCUT2D eigenvalue weighted by atomic mass is 9.34. The summed E-state index contributed by atoms with van der Waals surface area (Å²) in [4.78, 5) is 0. The summed E-state index contributed by atoms with van der Waals surface area (Å²) in [6.45, 7) is 0.00707. The zero-order valence-corrected chi connectivity index (χ0v) is 28.8. The fourth-order valence-corrected chi connectivity index (χ4v) is 8.83. The molecule has 0 fully saturated rings. The minimum atomic E-state index is 0.00707. The van der Waals surface area contributed by atoms with Gasteiger partial charge in [-0.2, -0.15) is 0 Å². The second-order valence-electron chi connectivity index (χ2n) is 13.9. The zero-order valence-electron chi connectivity index (χ0n) is 28.8. The van der Waals surface area contributed by atoms with Gasteiger partial charge in [0.2, 0.25) is 0 Å². The van der Waals surface area contributed by atoms with Gasteiger partial charge in [-0.05, 0) is 89.6 Å². The number of hydrogen-bond donors (Lipinski definition) is 0. The van der Waals surface area contributed by atoms with Gasteiger partial charge in [-0.25, -0.2) is 0 Å². The van der Waals surface area contributed by atoms with Crippen LogP contribution < -0.4 is 25.9 Å². The molecule has 2 aliphatic rings. The Morgan fingerprint density at radius 1 is 0.302 bits per heavy atom. The lowest BCUT2D eigenvalue weighted by Gasteiger charge is -2.33. The smallest absolute Gasteiger partial charge is 0.260 e. The molecule has 2 heterocycles. The quantitative estimate of drug-likeness (QED) is 0.137. The summed E-state index contributed by atoms with van der Waals surface area (Å²) in [5, 5.41) is 4.89. The molecule has 0 N–H and O–H groups in total. The summed E-state index contributed by atoms with van der Waals surface area (Å²) in [5.41, 5.74) is 12.9. The van der Waals surface area contributed by atoms with E-state index in [-0.39, 0.29) is 6.71 Å². The van der Waals surface area contributed by atoms with E-state index >= 15 is 0 Å². The normalized spacial score (nSPS) is 12.4. The van der Waals surface area contributed by atoms with E-state index in [1.165, 1.54) is 54.9 Å². The second kappa shape index (κ2) is 11.9. The van der Waals surface area contributed by atoms with Gasteiger partial charge in [0.25, 0.3) is 6.71 Å². The van der Waals surface area contributed by atoms with Gasteiger partial charge >= 0.3 is 0 Å². The number of ether oxygens (including phenoxy) is 2. The van der Waals surface area contributed by atoms with Crippen molar-refractivity contribution < 1.29 is 9.47 Å². The van der Waals surface area contributed by atoms with Crippen LogP contribution >= 0.6 is 0 Å². The largest absolute Gasteiger partial charge is 0.458 e. The molecule has 0 saturated carbocycles. The number of benzene rings is 9. The van der Waals surface area contributed by atoms with E-state index < -0.39 is 0 Å². The van der Waals surface area contributed by atoms with Crippen molar-refractivity contribution in [1.82, 2.24) is 0 Å². The molecule has 0 bridgehead atoms. The van der Waals surface area contributed by atoms with E-state index in [0.29, 0.717) is 0 Å². The fourth-order valence-electron chi connectivity index (χ4n) is 8.83. The number of hydrogen-bond acceptors (Lipinski definition) is 2. The Balaban J connectivity index is 1.17. The maximum atomic E-state index is 6.94. The van der Waals surface area contributed by atoms with E-state index in [2.05, 4.69) is 170 Å². The first kappa shape index (κ1) is 29.9. The van der Waals surface area contributed by atoms with Crippen LogP contribution in [-0.4, -0.2) is 6.71 Å². The van der Waals surface area contributed by atoms with Crippen molar-refractivity contribution in [3.05, 3.63) is 188 Å². The van der Waals surface area contributed by atoms with Crippen LogP contribution in [0, 0.1) is 0 Å². The molecule has 0 aromatic heterocycles. The predicted molar refractivity (Wildman–Crippen MR) is 221 cm³/mol. The molecule has 2 aliphatic heterocycles. The number of rotatable bonds is 4. The van der Waals surface area contributed by atoms with E-state index in [9.17, 15) is 0 Å². The molecule has 0 radical (unpaired) electrons. The van der Waals surface area contributed by atoms with Crippen molar-refractivity contribution in [3.8, 4) is 67.5 Å². The Kier molecular flexibility index (Phi) is 6.68. The molecule has 0 spiro atoms. The van der Waals surface area contributed by atoms with Crippen LogP contribution in [-0.2, 0) is 0 Å². The molecule has 2 nitrogen and oxygen atoms in total. The molecule has 0 saturated heterocycles. The maximum Gasteiger partial charge on any atom is 0.260 e. The van der Waals surface area contributed by atoms with Crippen LogP contribution in [0.15, 0.2) is 188 Å². The molecule has 0 aliphatic carbocycles. The molecule has 246 valence electrons. The van der Waals surface area contributed by atoms with E-state index in [0.717, 1.165) is 50.5 Å². The predicted octanol–water partition coefficient (Wildman–Crippen LogP) is 11.4. The van der Waals surface area contributed by atoms with Crippen molar-refractivity contribution in [2.75, 3.05) is 0 Å². The topological polar surface area (TPSA) is 18.5 Å². The Morgan fingerprint density at radius 2 is 0.755 bits per heavy atom. The number of fused-ring (bicyclic) bond motifs is 6. The molecule has 0 amide bonds. The first-order valence-corrected chi connectivity index (χ1v) is 18.2. The van der Waals surface area contributed by atoms with Gasteiger partial charge < -0.3 is 9.47 Å². The molecular weight excluding hydrogens is 643 g/mol. The van der Waals surface area contributed by atoms with Gasteiger partial charge in [0, 0.05) is 11.0 Å². The third-order valence-corrected chi connectivity index (χ3v) is 11.0. The summed E-state index contributed by atoms with van der Waals surface area (Å²) in [5.74, 6) is 3.49. The number of para-hydroxylation sites is 2. The zero-order chi connectivity index (χ0) is 34.9. The summed E-state index contributed by atoms with van der Waals surface area (Å²) >= 11 is 0. The summed E-state index contributed by atoms with van der Waals surface area (Å²) < 4.78 is 13.3. The Labute approximate surface area is 308 Å². The van der Waals surface area contributed by atoms with Crippen molar-refractivity contribution >= 4 is 44.6 Å².